The van der Waals surface area contributed by atoms with Gasteiger partial charge in [-0.1, -0.05) is 12.1 Å². The normalized spacial score (nSPS) is 11.4. The lowest BCUT2D eigenvalue weighted by Crippen LogP contribution is -2.27. The van der Waals surface area contributed by atoms with Gasteiger partial charge in [-0.15, -0.1) is 0 Å². The van der Waals surface area contributed by atoms with Gasteiger partial charge in [0.25, 0.3) is 10.1 Å². The SMILES string of the molecule is Cc1cccc(S(=O)(=O)O)c1N(C)N. The summed E-state index contributed by atoms with van der Waals surface area (Å²) in [7, 11) is -2.71. The Kier molecular flexibility index (Phi) is 2.79. The summed E-state index contributed by atoms with van der Waals surface area (Å²) in [5.41, 5.74) is 0.986. The molecule has 0 heterocycles. The molecule has 6 heteroatoms. The van der Waals surface area contributed by atoms with Crippen molar-refractivity contribution >= 4 is 15.8 Å². The number of anilines is 1. The fourth-order valence-electron chi connectivity index (χ4n) is 1.29. The van der Waals surface area contributed by atoms with Crippen LogP contribution in [0.15, 0.2) is 23.1 Å². The Bertz CT molecular complexity index is 440. The Balaban J connectivity index is 3.52. The molecule has 0 aromatic heterocycles. The van der Waals surface area contributed by atoms with E-state index in [4.69, 9.17) is 10.4 Å². The van der Waals surface area contributed by atoms with Crippen LogP contribution in [-0.2, 0) is 10.1 Å². The number of benzene rings is 1. The van der Waals surface area contributed by atoms with Gasteiger partial charge in [0.05, 0.1) is 5.69 Å². The molecule has 0 atom stereocenters. The second kappa shape index (κ2) is 3.56. The summed E-state index contributed by atoms with van der Waals surface area (Å²) in [6.07, 6.45) is 0. The van der Waals surface area contributed by atoms with E-state index in [1.807, 2.05) is 0 Å². The van der Waals surface area contributed by atoms with Gasteiger partial charge < -0.3 is 5.01 Å². The number of nitrogens with zero attached hydrogens (tertiary/aromatic N) is 1. The van der Waals surface area contributed by atoms with Crippen LogP contribution in [0.4, 0.5) is 5.69 Å². The molecule has 0 aliphatic carbocycles. The average Bonchev–Trinajstić information content (AvgIpc) is 2.01. The molecule has 0 spiro atoms. The molecular formula is C8H12N2O3S. The molecule has 78 valence electrons. The topological polar surface area (TPSA) is 83.6 Å². The molecule has 14 heavy (non-hydrogen) atoms. The Morgan fingerprint density at radius 2 is 2.00 bits per heavy atom. The highest BCUT2D eigenvalue weighted by Crippen LogP contribution is 2.26. The van der Waals surface area contributed by atoms with E-state index in [1.165, 1.54) is 18.1 Å². The highest BCUT2D eigenvalue weighted by Gasteiger charge is 2.18. The van der Waals surface area contributed by atoms with Crippen LogP contribution in [0.1, 0.15) is 5.56 Å². The zero-order chi connectivity index (χ0) is 10.9. The van der Waals surface area contributed by atoms with E-state index in [9.17, 15) is 8.42 Å². The summed E-state index contributed by atoms with van der Waals surface area (Å²) < 4.78 is 30.9. The maximum atomic E-state index is 11.0. The molecule has 1 aromatic rings. The molecule has 1 aromatic carbocycles. The standard InChI is InChI=1S/C8H12N2O3S/c1-6-4-3-5-7(14(11,12)13)8(6)10(2)9/h3-5H,9H2,1-2H3,(H,11,12,13). The average molecular weight is 216 g/mol. The Morgan fingerprint density at radius 1 is 1.43 bits per heavy atom. The smallest absolute Gasteiger partial charge is 0.296 e. The first-order valence-electron chi connectivity index (χ1n) is 3.89. The number of hydrazine groups is 1. The molecule has 5 nitrogen and oxygen atoms in total. The third-order valence-electron chi connectivity index (χ3n) is 1.83. The van der Waals surface area contributed by atoms with E-state index in [-0.39, 0.29) is 4.90 Å². The fourth-order valence-corrected chi connectivity index (χ4v) is 2.09. The van der Waals surface area contributed by atoms with Gasteiger partial charge in [0, 0.05) is 7.05 Å². The Hall–Kier alpha value is -1.11. The van der Waals surface area contributed by atoms with Crippen LogP contribution in [0.3, 0.4) is 0 Å². The van der Waals surface area contributed by atoms with Gasteiger partial charge >= 0.3 is 0 Å². The van der Waals surface area contributed by atoms with Gasteiger partial charge in [-0.3, -0.25) is 4.55 Å². The van der Waals surface area contributed by atoms with Crippen molar-refractivity contribution in [3.63, 3.8) is 0 Å². The van der Waals surface area contributed by atoms with Crippen molar-refractivity contribution in [3.05, 3.63) is 23.8 Å². The number of rotatable bonds is 2. The van der Waals surface area contributed by atoms with Gasteiger partial charge in [0.1, 0.15) is 4.90 Å². The van der Waals surface area contributed by atoms with Gasteiger partial charge in [-0.2, -0.15) is 8.42 Å². The summed E-state index contributed by atoms with van der Waals surface area (Å²) in [6, 6.07) is 4.57. The summed E-state index contributed by atoms with van der Waals surface area (Å²) in [6.45, 7) is 1.72. The summed E-state index contributed by atoms with van der Waals surface area (Å²) >= 11 is 0. The predicted molar refractivity (Wildman–Crippen MR) is 53.6 cm³/mol. The highest BCUT2D eigenvalue weighted by molar-refractivity contribution is 7.86. The fraction of sp³-hybridized carbons (Fsp3) is 0.250. The van der Waals surface area contributed by atoms with E-state index in [1.54, 1.807) is 19.1 Å². The second-order valence-corrected chi connectivity index (χ2v) is 4.40. The Morgan fingerprint density at radius 3 is 2.36 bits per heavy atom. The molecule has 0 saturated carbocycles. The van der Waals surface area contributed by atoms with E-state index in [0.717, 1.165) is 0 Å². The van der Waals surface area contributed by atoms with Crippen molar-refractivity contribution in [2.24, 2.45) is 5.84 Å². The van der Waals surface area contributed by atoms with Gasteiger partial charge in [0.15, 0.2) is 0 Å². The van der Waals surface area contributed by atoms with Crippen LogP contribution in [0, 0.1) is 6.92 Å². The van der Waals surface area contributed by atoms with Gasteiger partial charge in [-0.05, 0) is 18.6 Å². The van der Waals surface area contributed by atoms with Crippen LogP contribution >= 0.6 is 0 Å². The zero-order valence-electron chi connectivity index (χ0n) is 7.93. The van der Waals surface area contributed by atoms with E-state index < -0.39 is 10.1 Å². The molecule has 0 saturated heterocycles. The molecule has 3 N–H and O–H groups in total. The quantitative estimate of drug-likeness (QED) is 0.428. The van der Waals surface area contributed by atoms with E-state index >= 15 is 0 Å². The lowest BCUT2D eigenvalue weighted by Gasteiger charge is -2.17. The minimum absolute atomic E-state index is 0.178. The lowest BCUT2D eigenvalue weighted by molar-refractivity contribution is 0.483. The number of para-hydroxylation sites is 1. The van der Waals surface area contributed by atoms with Crippen LogP contribution < -0.4 is 10.9 Å². The molecule has 0 bridgehead atoms. The number of hydrogen-bond donors (Lipinski definition) is 2. The molecule has 0 aliphatic heterocycles. The van der Waals surface area contributed by atoms with Crippen LogP contribution in [0.5, 0.6) is 0 Å². The lowest BCUT2D eigenvalue weighted by atomic mass is 10.2. The first-order chi connectivity index (χ1) is 6.34. The van der Waals surface area contributed by atoms with Gasteiger partial charge in [-0.25, -0.2) is 5.84 Å². The molecule has 0 fully saturated rings. The summed E-state index contributed by atoms with van der Waals surface area (Å²) in [4.78, 5) is -0.178. The third kappa shape index (κ3) is 2.03. The number of nitrogens with two attached hydrogens (primary N) is 1. The van der Waals surface area contributed by atoms with Crippen LogP contribution in [-0.4, -0.2) is 20.0 Å². The second-order valence-electron chi connectivity index (χ2n) is 3.01. The zero-order valence-corrected chi connectivity index (χ0v) is 8.75. The molecular weight excluding hydrogens is 204 g/mol. The third-order valence-corrected chi connectivity index (χ3v) is 2.72. The monoisotopic (exact) mass is 216 g/mol. The molecule has 0 unspecified atom stereocenters. The van der Waals surface area contributed by atoms with Crippen LogP contribution in [0.2, 0.25) is 0 Å². The van der Waals surface area contributed by atoms with Crippen LogP contribution in [0.25, 0.3) is 0 Å². The maximum absolute atomic E-state index is 11.0. The summed E-state index contributed by atoms with van der Waals surface area (Å²) in [5.74, 6) is 5.47. The molecule has 0 radical (unpaired) electrons. The van der Waals surface area contributed by atoms with Gasteiger partial charge in [0.2, 0.25) is 0 Å². The first-order valence-corrected chi connectivity index (χ1v) is 5.33. The van der Waals surface area contributed by atoms with Crippen molar-refractivity contribution in [2.75, 3.05) is 12.1 Å². The van der Waals surface area contributed by atoms with Crippen molar-refractivity contribution in [1.29, 1.82) is 0 Å². The molecule has 0 aliphatic rings. The maximum Gasteiger partial charge on any atom is 0.296 e. The van der Waals surface area contributed by atoms with Crippen molar-refractivity contribution in [1.82, 2.24) is 0 Å². The van der Waals surface area contributed by atoms with E-state index in [0.29, 0.717) is 11.3 Å². The van der Waals surface area contributed by atoms with Crippen molar-refractivity contribution < 1.29 is 13.0 Å². The summed E-state index contributed by atoms with van der Waals surface area (Å²) in [5, 5.41) is 1.17. The van der Waals surface area contributed by atoms with E-state index in [2.05, 4.69) is 0 Å². The predicted octanol–water partition coefficient (Wildman–Crippen LogP) is 0.552. The minimum Gasteiger partial charge on any atom is -0.312 e. The van der Waals surface area contributed by atoms with Crippen molar-refractivity contribution in [2.45, 2.75) is 11.8 Å². The Labute approximate surface area is 82.9 Å². The molecule has 0 amide bonds. The number of hydrogen-bond acceptors (Lipinski definition) is 4. The molecule has 1 rings (SSSR count). The minimum atomic E-state index is -4.22. The highest BCUT2D eigenvalue weighted by atomic mass is 32.2. The largest absolute Gasteiger partial charge is 0.312 e. The number of aryl methyl sites for hydroxylation is 1. The van der Waals surface area contributed by atoms with Crippen molar-refractivity contribution in [3.8, 4) is 0 Å². The first kappa shape index (κ1) is 11.0.